The molecule has 0 bridgehead atoms. The Balaban J connectivity index is 1.40. The summed E-state index contributed by atoms with van der Waals surface area (Å²) in [6.07, 6.45) is 1.13. The van der Waals surface area contributed by atoms with Gasteiger partial charge in [-0.2, -0.15) is 4.72 Å². The number of hydrogen-bond acceptors (Lipinski definition) is 4. The second kappa shape index (κ2) is 9.14. The van der Waals surface area contributed by atoms with Crippen LogP contribution in [0.1, 0.15) is 41.7 Å². The predicted octanol–water partition coefficient (Wildman–Crippen LogP) is 4.24. The zero-order chi connectivity index (χ0) is 23.0. The fourth-order valence-corrected chi connectivity index (χ4v) is 7.04. The Morgan fingerprint density at radius 2 is 1.72 bits per heavy atom. The van der Waals surface area contributed by atoms with Gasteiger partial charge in [0, 0.05) is 35.6 Å². The Hall–Kier alpha value is -1.93. The summed E-state index contributed by atoms with van der Waals surface area (Å²) in [4.78, 5) is 14.8. The molecule has 2 aliphatic heterocycles. The quantitative estimate of drug-likeness (QED) is 0.693. The van der Waals surface area contributed by atoms with E-state index in [0.29, 0.717) is 31.0 Å². The van der Waals surface area contributed by atoms with E-state index in [4.69, 9.17) is 11.6 Å². The number of anilines is 1. The van der Waals surface area contributed by atoms with Crippen LogP contribution in [0.5, 0.6) is 0 Å². The molecule has 2 fully saturated rings. The van der Waals surface area contributed by atoms with Crippen LogP contribution < -0.4 is 10.0 Å². The standard InChI is InChI=1S/C24H30ClN3O3S/c1-15-4-5-19(14-16(15)2)22-17(3)23(27-32(22,30)31)28-12-10-18(11-13-28)24(29)26-21-8-6-20(25)7-9-21/h4-9,14,17-18,22-23,27H,10-13H2,1-3H3,(H,26,29). The van der Waals surface area contributed by atoms with Gasteiger partial charge in [-0.1, -0.05) is 36.7 Å². The molecule has 0 radical (unpaired) electrons. The van der Waals surface area contributed by atoms with Crippen LogP contribution in [-0.2, 0) is 14.8 Å². The second-order valence-electron chi connectivity index (χ2n) is 9.04. The summed E-state index contributed by atoms with van der Waals surface area (Å²) >= 11 is 5.90. The Morgan fingerprint density at radius 3 is 2.34 bits per heavy atom. The molecule has 172 valence electrons. The molecule has 2 aromatic carbocycles. The number of hydrogen-bond donors (Lipinski definition) is 2. The minimum absolute atomic E-state index is 0.0000284. The number of halogens is 1. The molecule has 0 aliphatic carbocycles. The number of sulfonamides is 1. The average Bonchev–Trinajstić information content (AvgIpc) is 3.00. The molecule has 0 spiro atoms. The van der Waals surface area contributed by atoms with Crippen LogP contribution >= 0.6 is 11.6 Å². The third-order valence-corrected chi connectivity index (χ3v) is 9.05. The summed E-state index contributed by atoms with van der Waals surface area (Å²) in [5.74, 6) is -0.188. The number of piperidine rings is 1. The zero-order valence-electron chi connectivity index (χ0n) is 18.6. The highest BCUT2D eigenvalue weighted by Crippen LogP contribution is 2.40. The molecule has 3 atom stereocenters. The van der Waals surface area contributed by atoms with Gasteiger partial charge in [-0.05, 0) is 67.6 Å². The van der Waals surface area contributed by atoms with E-state index >= 15 is 0 Å². The van der Waals surface area contributed by atoms with E-state index in [9.17, 15) is 13.2 Å². The molecular weight excluding hydrogens is 446 g/mol. The van der Waals surface area contributed by atoms with Crippen molar-refractivity contribution in [3.8, 4) is 0 Å². The minimum Gasteiger partial charge on any atom is -0.326 e. The van der Waals surface area contributed by atoms with Crippen molar-refractivity contribution in [3.63, 3.8) is 0 Å². The molecule has 2 N–H and O–H groups in total. The van der Waals surface area contributed by atoms with Crippen molar-refractivity contribution in [2.24, 2.45) is 11.8 Å². The highest BCUT2D eigenvalue weighted by Gasteiger charge is 2.48. The van der Waals surface area contributed by atoms with Crippen LogP contribution in [0.25, 0.3) is 0 Å². The van der Waals surface area contributed by atoms with Gasteiger partial charge in [0.05, 0.1) is 6.17 Å². The van der Waals surface area contributed by atoms with Gasteiger partial charge in [0.25, 0.3) is 0 Å². The first-order valence-electron chi connectivity index (χ1n) is 11.0. The fourth-order valence-electron chi connectivity index (χ4n) is 4.85. The van der Waals surface area contributed by atoms with Crippen LogP contribution in [0, 0.1) is 25.7 Å². The molecule has 3 unspecified atom stereocenters. The van der Waals surface area contributed by atoms with E-state index in [1.54, 1.807) is 24.3 Å². The summed E-state index contributed by atoms with van der Waals surface area (Å²) in [5.41, 5.74) is 3.82. The minimum atomic E-state index is -3.47. The average molecular weight is 476 g/mol. The molecule has 32 heavy (non-hydrogen) atoms. The van der Waals surface area contributed by atoms with Gasteiger partial charge < -0.3 is 5.32 Å². The van der Waals surface area contributed by atoms with Gasteiger partial charge in [-0.25, -0.2) is 8.42 Å². The lowest BCUT2D eigenvalue weighted by atomic mass is 9.91. The fraction of sp³-hybridized carbons (Fsp3) is 0.458. The molecule has 0 aromatic heterocycles. The lowest BCUT2D eigenvalue weighted by molar-refractivity contribution is -0.121. The number of rotatable bonds is 4. The first kappa shape index (κ1) is 23.2. The van der Waals surface area contributed by atoms with Crippen LogP contribution in [0.4, 0.5) is 5.69 Å². The lowest BCUT2D eigenvalue weighted by Crippen LogP contribution is -2.50. The van der Waals surface area contributed by atoms with E-state index in [1.807, 2.05) is 39.0 Å². The van der Waals surface area contributed by atoms with Crippen molar-refractivity contribution < 1.29 is 13.2 Å². The number of carbonyl (C=O) groups is 1. The van der Waals surface area contributed by atoms with E-state index in [1.165, 1.54) is 0 Å². The summed E-state index contributed by atoms with van der Waals surface area (Å²) in [7, 11) is -3.47. The van der Waals surface area contributed by atoms with Crippen molar-refractivity contribution in [1.29, 1.82) is 0 Å². The number of nitrogens with zero attached hydrogens (tertiary/aromatic N) is 1. The van der Waals surface area contributed by atoms with E-state index in [0.717, 1.165) is 22.4 Å². The third-order valence-electron chi connectivity index (χ3n) is 6.86. The second-order valence-corrected chi connectivity index (χ2v) is 11.3. The summed E-state index contributed by atoms with van der Waals surface area (Å²) < 4.78 is 28.9. The van der Waals surface area contributed by atoms with Gasteiger partial charge in [0.1, 0.15) is 5.25 Å². The van der Waals surface area contributed by atoms with E-state index in [2.05, 4.69) is 14.9 Å². The van der Waals surface area contributed by atoms with Gasteiger partial charge in [0.2, 0.25) is 15.9 Å². The number of aryl methyl sites for hydroxylation is 2. The number of carbonyl (C=O) groups excluding carboxylic acids is 1. The maximum Gasteiger partial charge on any atom is 0.227 e. The topological polar surface area (TPSA) is 78.5 Å². The summed E-state index contributed by atoms with van der Waals surface area (Å²) in [6, 6.07) is 13.0. The van der Waals surface area contributed by atoms with Crippen molar-refractivity contribution >= 4 is 33.2 Å². The maximum atomic E-state index is 13.0. The molecule has 0 saturated carbocycles. The first-order valence-corrected chi connectivity index (χ1v) is 13.0. The number of likely N-dealkylation sites (tertiary alicyclic amines) is 1. The van der Waals surface area contributed by atoms with Gasteiger partial charge in [-0.15, -0.1) is 0 Å². The van der Waals surface area contributed by atoms with E-state index in [-0.39, 0.29) is 23.9 Å². The van der Waals surface area contributed by atoms with Crippen LogP contribution in [0.15, 0.2) is 42.5 Å². The van der Waals surface area contributed by atoms with Crippen molar-refractivity contribution in [3.05, 3.63) is 64.2 Å². The summed E-state index contributed by atoms with van der Waals surface area (Å²) in [5, 5.41) is 3.01. The highest BCUT2D eigenvalue weighted by molar-refractivity contribution is 7.90. The molecular formula is C24H30ClN3O3S. The van der Waals surface area contributed by atoms with Gasteiger partial charge in [0.15, 0.2) is 0 Å². The zero-order valence-corrected chi connectivity index (χ0v) is 20.2. The Bertz CT molecular complexity index is 1100. The molecule has 2 aliphatic rings. The molecule has 6 nitrogen and oxygen atoms in total. The number of benzene rings is 2. The lowest BCUT2D eigenvalue weighted by Gasteiger charge is -2.36. The third kappa shape index (κ3) is 4.71. The van der Waals surface area contributed by atoms with Gasteiger partial charge in [-0.3, -0.25) is 9.69 Å². The predicted molar refractivity (Wildman–Crippen MR) is 128 cm³/mol. The normalized spacial score (nSPS) is 26.2. The monoisotopic (exact) mass is 475 g/mol. The van der Waals surface area contributed by atoms with Crippen molar-refractivity contribution in [2.75, 3.05) is 18.4 Å². The Labute approximate surface area is 195 Å². The smallest absolute Gasteiger partial charge is 0.227 e. The molecule has 1 amide bonds. The van der Waals surface area contributed by atoms with Crippen LogP contribution in [-0.4, -0.2) is 38.5 Å². The Morgan fingerprint density at radius 1 is 1.06 bits per heavy atom. The highest BCUT2D eigenvalue weighted by atomic mass is 35.5. The van der Waals surface area contributed by atoms with Crippen molar-refractivity contribution in [2.45, 2.75) is 45.0 Å². The molecule has 2 saturated heterocycles. The number of amides is 1. The molecule has 2 heterocycles. The van der Waals surface area contributed by atoms with Crippen LogP contribution in [0.2, 0.25) is 5.02 Å². The van der Waals surface area contributed by atoms with Gasteiger partial charge >= 0.3 is 0 Å². The first-order chi connectivity index (χ1) is 15.2. The number of nitrogens with one attached hydrogen (secondary N) is 2. The SMILES string of the molecule is Cc1ccc(C2C(C)C(N3CCC(C(=O)Nc4ccc(Cl)cc4)CC3)NS2(=O)=O)cc1C. The molecule has 8 heteroatoms. The Kier molecular flexibility index (Phi) is 6.63. The summed E-state index contributed by atoms with van der Waals surface area (Å²) in [6.45, 7) is 7.39. The molecule has 4 rings (SSSR count). The maximum absolute atomic E-state index is 13.0. The van der Waals surface area contributed by atoms with Crippen LogP contribution in [0.3, 0.4) is 0 Å². The van der Waals surface area contributed by atoms with Crippen molar-refractivity contribution in [1.82, 2.24) is 9.62 Å². The van der Waals surface area contributed by atoms with E-state index < -0.39 is 15.3 Å². The molecule has 2 aromatic rings. The largest absolute Gasteiger partial charge is 0.326 e.